The summed E-state index contributed by atoms with van der Waals surface area (Å²) in [4.78, 5) is 25.1. The van der Waals surface area contributed by atoms with Crippen molar-refractivity contribution in [3.63, 3.8) is 0 Å². The molecule has 0 aromatic heterocycles. The number of benzene rings is 1. The Morgan fingerprint density at radius 3 is 2.37 bits per heavy atom. The molecule has 0 aliphatic heterocycles. The summed E-state index contributed by atoms with van der Waals surface area (Å²) < 4.78 is 0. The zero-order valence-electron chi connectivity index (χ0n) is 11.5. The second kappa shape index (κ2) is 7.36. The normalized spacial score (nSPS) is 9.79. The Hall–Kier alpha value is -2.10. The third-order valence-electron chi connectivity index (χ3n) is 2.75. The maximum absolute atomic E-state index is 12.2. The van der Waals surface area contributed by atoms with Crippen LogP contribution in [-0.2, 0) is 4.79 Å². The fourth-order valence-electron chi connectivity index (χ4n) is 1.75. The van der Waals surface area contributed by atoms with Gasteiger partial charge in [-0.1, -0.05) is 13.5 Å². The Labute approximate surface area is 114 Å². The molecule has 0 atom stereocenters. The Bertz CT molecular complexity index is 452. The molecule has 1 rings (SSSR count). The molecule has 0 saturated heterocycles. The van der Waals surface area contributed by atoms with E-state index in [0.29, 0.717) is 17.8 Å². The number of anilines is 1. The van der Waals surface area contributed by atoms with Crippen LogP contribution in [0.25, 0.3) is 0 Å². The third-order valence-corrected chi connectivity index (χ3v) is 2.75. The summed E-state index contributed by atoms with van der Waals surface area (Å²) in [6, 6.07) is 6.88. The average molecular weight is 260 g/mol. The van der Waals surface area contributed by atoms with E-state index in [1.165, 1.54) is 6.08 Å². The SMILES string of the molecule is C=CC(=O)Nc1ccc(C(=O)N(CC)CCC)cc1. The van der Waals surface area contributed by atoms with Crippen molar-refractivity contribution in [1.82, 2.24) is 4.90 Å². The van der Waals surface area contributed by atoms with Crippen molar-refractivity contribution in [2.75, 3.05) is 18.4 Å². The first-order chi connectivity index (χ1) is 9.12. The van der Waals surface area contributed by atoms with Crippen LogP contribution < -0.4 is 5.32 Å². The molecule has 1 aromatic carbocycles. The summed E-state index contributed by atoms with van der Waals surface area (Å²) in [5, 5.41) is 2.64. The molecule has 4 nitrogen and oxygen atoms in total. The second-order valence-corrected chi connectivity index (χ2v) is 4.16. The molecule has 0 fully saturated rings. The highest BCUT2D eigenvalue weighted by Gasteiger charge is 2.12. The molecule has 0 spiro atoms. The fourth-order valence-corrected chi connectivity index (χ4v) is 1.75. The number of carbonyl (C=O) groups excluding carboxylic acids is 2. The molecule has 1 aromatic rings. The Morgan fingerprint density at radius 1 is 1.26 bits per heavy atom. The Kier molecular flexibility index (Phi) is 5.79. The van der Waals surface area contributed by atoms with Gasteiger partial charge in [-0.25, -0.2) is 0 Å². The van der Waals surface area contributed by atoms with Crippen LogP contribution in [0.2, 0.25) is 0 Å². The molecule has 0 heterocycles. The molecule has 4 heteroatoms. The monoisotopic (exact) mass is 260 g/mol. The first-order valence-electron chi connectivity index (χ1n) is 6.45. The summed E-state index contributed by atoms with van der Waals surface area (Å²) in [7, 11) is 0. The van der Waals surface area contributed by atoms with Gasteiger partial charge in [0.2, 0.25) is 5.91 Å². The van der Waals surface area contributed by atoms with Gasteiger partial charge in [0.05, 0.1) is 0 Å². The molecule has 19 heavy (non-hydrogen) atoms. The number of carbonyl (C=O) groups is 2. The maximum Gasteiger partial charge on any atom is 0.253 e. The van der Waals surface area contributed by atoms with Gasteiger partial charge >= 0.3 is 0 Å². The van der Waals surface area contributed by atoms with E-state index in [9.17, 15) is 9.59 Å². The van der Waals surface area contributed by atoms with Gasteiger partial charge in [0.25, 0.3) is 5.91 Å². The van der Waals surface area contributed by atoms with Gasteiger partial charge in [-0.05, 0) is 43.7 Å². The van der Waals surface area contributed by atoms with Gasteiger partial charge in [0.1, 0.15) is 0 Å². The van der Waals surface area contributed by atoms with Crippen molar-refractivity contribution in [2.45, 2.75) is 20.3 Å². The average Bonchev–Trinajstić information content (AvgIpc) is 2.44. The van der Waals surface area contributed by atoms with Crippen molar-refractivity contribution >= 4 is 17.5 Å². The smallest absolute Gasteiger partial charge is 0.253 e. The van der Waals surface area contributed by atoms with Crippen LogP contribution in [0.1, 0.15) is 30.6 Å². The maximum atomic E-state index is 12.2. The van der Waals surface area contributed by atoms with Gasteiger partial charge in [-0.2, -0.15) is 0 Å². The van der Waals surface area contributed by atoms with Crippen LogP contribution in [0.5, 0.6) is 0 Å². The van der Waals surface area contributed by atoms with Gasteiger partial charge in [-0.15, -0.1) is 0 Å². The Balaban J connectivity index is 2.77. The van der Waals surface area contributed by atoms with E-state index in [-0.39, 0.29) is 11.8 Å². The first kappa shape index (κ1) is 15.0. The molecule has 0 bridgehead atoms. The predicted octanol–water partition coefficient (Wildman–Crippen LogP) is 2.68. The molecule has 2 amide bonds. The highest BCUT2D eigenvalue weighted by atomic mass is 16.2. The lowest BCUT2D eigenvalue weighted by atomic mass is 10.1. The minimum atomic E-state index is -0.264. The van der Waals surface area contributed by atoms with Crippen LogP contribution in [-0.4, -0.2) is 29.8 Å². The van der Waals surface area contributed by atoms with E-state index < -0.39 is 0 Å². The van der Waals surface area contributed by atoms with Crippen molar-refractivity contribution < 1.29 is 9.59 Å². The molecule has 0 radical (unpaired) electrons. The summed E-state index contributed by atoms with van der Waals surface area (Å²) in [6.07, 6.45) is 2.15. The quantitative estimate of drug-likeness (QED) is 0.799. The van der Waals surface area contributed by atoms with Crippen LogP contribution in [0.15, 0.2) is 36.9 Å². The van der Waals surface area contributed by atoms with Crippen molar-refractivity contribution in [3.8, 4) is 0 Å². The molecule has 0 aliphatic carbocycles. The van der Waals surface area contributed by atoms with Gasteiger partial charge in [-0.3, -0.25) is 9.59 Å². The molecule has 0 saturated carbocycles. The van der Waals surface area contributed by atoms with Crippen LogP contribution in [0, 0.1) is 0 Å². The van der Waals surface area contributed by atoms with Crippen molar-refractivity contribution in [3.05, 3.63) is 42.5 Å². The van der Waals surface area contributed by atoms with Gasteiger partial charge in [0, 0.05) is 24.3 Å². The number of amides is 2. The minimum Gasteiger partial charge on any atom is -0.339 e. The van der Waals surface area contributed by atoms with E-state index in [1.807, 2.05) is 13.8 Å². The molecule has 1 N–H and O–H groups in total. The molecule has 0 unspecified atom stereocenters. The predicted molar refractivity (Wildman–Crippen MR) is 77.1 cm³/mol. The van der Waals surface area contributed by atoms with Crippen molar-refractivity contribution in [1.29, 1.82) is 0 Å². The summed E-state index contributed by atoms with van der Waals surface area (Å²) in [5.74, 6) is -0.244. The summed E-state index contributed by atoms with van der Waals surface area (Å²) in [5.41, 5.74) is 1.28. The van der Waals surface area contributed by atoms with Gasteiger partial charge < -0.3 is 10.2 Å². The number of rotatable bonds is 6. The van der Waals surface area contributed by atoms with E-state index >= 15 is 0 Å². The second-order valence-electron chi connectivity index (χ2n) is 4.16. The first-order valence-corrected chi connectivity index (χ1v) is 6.45. The zero-order chi connectivity index (χ0) is 14.3. The minimum absolute atomic E-state index is 0.0194. The summed E-state index contributed by atoms with van der Waals surface area (Å²) in [6.45, 7) is 8.84. The van der Waals surface area contributed by atoms with Crippen LogP contribution in [0.4, 0.5) is 5.69 Å². The van der Waals surface area contributed by atoms with Crippen LogP contribution >= 0.6 is 0 Å². The number of nitrogens with one attached hydrogen (secondary N) is 1. The largest absolute Gasteiger partial charge is 0.339 e. The number of hydrogen-bond acceptors (Lipinski definition) is 2. The van der Waals surface area contributed by atoms with E-state index in [1.54, 1.807) is 29.2 Å². The molecule has 102 valence electrons. The Morgan fingerprint density at radius 2 is 1.89 bits per heavy atom. The summed E-state index contributed by atoms with van der Waals surface area (Å²) >= 11 is 0. The fraction of sp³-hybridized carbons (Fsp3) is 0.333. The van der Waals surface area contributed by atoms with Crippen LogP contribution in [0.3, 0.4) is 0 Å². The topological polar surface area (TPSA) is 49.4 Å². The molecular formula is C15H20N2O2. The lowest BCUT2D eigenvalue weighted by molar-refractivity contribution is -0.111. The number of nitrogens with zero attached hydrogens (tertiary/aromatic N) is 1. The molecule has 0 aliphatic rings. The van der Waals surface area contributed by atoms with Crippen molar-refractivity contribution in [2.24, 2.45) is 0 Å². The highest BCUT2D eigenvalue weighted by Crippen LogP contribution is 2.12. The third kappa shape index (κ3) is 4.25. The standard InChI is InChI=1S/C15H20N2O2/c1-4-11-17(6-3)15(19)12-7-9-13(10-8-12)16-14(18)5-2/h5,7-10H,2,4,6,11H2,1,3H3,(H,16,18). The lowest BCUT2D eigenvalue weighted by Gasteiger charge is -2.20. The van der Waals surface area contributed by atoms with E-state index in [2.05, 4.69) is 11.9 Å². The van der Waals surface area contributed by atoms with Gasteiger partial charge in [0.15, 0.2) is 0 Å². The molecular weight excluding hydrogens is 240 g/mol. The zero-order valence-corrected chi connectivity index (χ0v) is 11.5. The van der Waals surface area contributed by atoms with E-state index in [4.69, 9.17) is 0 Å². The number of hydrogen-bond donors (Lipinski definition) is 1. The lowest BCUT2D eigenvalue weighted by Crippen LogP contribution is -2.31. The van der Waals surface area contributed by atoms with E-state index in [0.717, 1.165) is 13.0 Å². The highest BCUT2D eigenvalue weighted by molar-refractivity contribution is 5.99.